The molecule has 1 aliphatic rings. The van der Waals surface area contributed by atoms with Crippen LogP contribution in [0.25, 0.3) is 0 Å². The van der Waals surface area contributed by atoms with Crippen LogP contribution in [0.5, 0.6) is 0 Å². The zero-order valence-electron chi connectivity index (χ0n) is 7.96. The van der Waals surface area contributed by atoms with E-state index < -0.39 is 0 Å². The molecular weight excluding hydrogens is 300 g/mol. The van der Waals surface area contributed by atoms with Crippen molar-refractivity contribution in [2.45, 2.75) is 12.8 Å². The number of carbonyl (C=O) groups is 1. The third-order valence-electron chi connectivity index (χ3n) is 2.48. The Morgan fingerprint density at radius 1 is 1.53 bits per heavy atom. The van der Waals surface area contributed by atoms with E-state index in [1.165, 1.54) is 11.3 Å². The summed E-state index contributed by atoms with van der Waals surface area (Å²) >= 11 is 10.6. The molecule has 0 amide bonds. The number of rotatable bonds is 2. The number of thiophene rings is 1. The molecule has 1 aromatic rings. The van der Waals surface area contributed by atoms with E-state index in [-0.39, 0.29) is 11.7 Å². The van der Waals surface area contributed by atoms with Crippen molar-refractivity contribution in [3.63, 3.8) is 0 Å². The van der Waals surface area contributed by atoms with E-state index >= 15 is 0 Å². The Balaban J connectivity index is 2.12. The Morgan fingerprint density at radius 2 is 2.20 bits per heavy atom. The fourth-order valence-electron chi connectivity index (χ4n) is 1.63. The van der Waals surface area contributed by atoms with Crippen molar-refractivity contribution in [2.24, 2.45) is 5.92 Å². The van der Waals surface area contributed by atoms with Gasteiger partial charge in [-0.25, -0.2) is 0 Å². The van der Waals surface area contributed by atoms with E-state index in [0.717, 1.165) is 22.2 Å². The van der Waals surface area contributed by atoms with Gasteiger partial charge >= 0.3 is 0 Å². The number of Topliss-reactive ketones (excluding diaryl/α,β-unsaturated/α-hetero) is 1. The first-order valence-electron chi connectivity index (χ1n) is 4.75. The molecule has 2 nitrogen and oxygen atoms in total. The lowest BCUT2D eigenvalue weighted by Crippen LogP contribution is -2.22. The van der Waals surface area contributed by atoms with Gasteiger partial charge in [0.15, 0.2) is 5.78 Å². The third-order valence-corrected chi connectivity index (χ3v) is 4.97. The lowest BCUT2D eigenvalue weighted by molar-refractivity contribution is 0.0547. The van der Waals surface area contributed by atoms with Gasteiger partial charge in [-0.3, -0.25) is 4.79 Å². The minimum absolute atomic E-state index is 0.111. The molecule has 0 N–H and O–H groups in total. The maximum absolute atomic E-state index is 12.0. The van der Waals surface area contributed by atoms with E-state index in [4.69, 9.17) is 16.3 Å². The van der Waals surface area contributed by atoms with E-state index in [0.29, 0.717) is 17.6 Å². The third kappa shape index (κ3) is 2.61. The normalized spacial score (nSPS) is 18.0. The van der Waals surface area contributed by atoms with Crippen LogP contribution < -0.4 is 0 Å². The van der Waals surface area contributed by atoms with Gasteiger partial charge in [0.2, 0.25) is 0 Å². The van der Waals surface area contributed by atoms with Crippen molar-refractivity contribution < 1.29 is 9.53 Å². The summed E-state index contributed by atoms with van der Waals surface area (Å²) in [7, 11) is 0. The number of hydrogen-bond acceptors (Lipinski definition) is 3. The van der Waals surface area contributed by atoms with Gasteiger partial charge in [0.05, 0.1) is 4.88 Å². The van der Waals surface area contributed by atoms with Crippen LogP contribution in [0.3, 0.4) is 0 Å². The molecule has 1 saturated heterocycles. The van der Waals surface area contributed by atoms with Gasteiger partial charge in [0.25, 0.3) is 0 Å². The number of halogens is 2. The predicted octanol–water partition coefficient (Wildman–Crippen LogP) is 3.77. The summed E-state index contributed by atoms with van der Waals surface area (Å²) in [5.41, 5.74) is 0. The fraction of sp³-hybridized carbons (Fsp3) is 0.500. The molecule has 15 heavy (non-hydrogen) atoms. The van der Waals surface area contributed by atoms with Gasteiger partial charge in [0.1, 0.15) is 4.34 Å². The highest BCUT2D eigenvalue weighted by Crippen LogP contribution is 2.34. The van der Waals surface area contributed by atoms with Gasteiger partial charge < -0.3 is 4.74 Å². The van der Waals surface area contributed by atoms with Crippen molar-refractivity contribution in [1.29, 1.82) is 0 Å². The number of ether oxygens (including phenoxy) is 1. The van der Waals surface area contributed by atoms with Crippen molar-refractivity contribution in [2.75, 3.05) is 13.2 Å². The second kappa shape index (κ2) is 4.95. The maximum atomic E-state index is 12.0. The highest BCUT2D eigenvalue weighted by atomic mass is 79.9. The van der Waals surface area contributed by atoms with Crippen LogP contribution in [0.1, 0.15) is 22.5 Å². The van der Waals surface area contributed by atoms with Crippen LogP contribution >= 0.6 is 38.9 Å². The molecule has 2 heterocycles. The Bertz CT molecular complexity index is 352. The first-order chi connectivity index (χ1) is 7.18. The molecule has 0 aromatic carbocycles. The van der Waals surface area contributed by atoms with Gasteiger partial charge in [-0.2, -0.15) is 0 Å². The van der Waals surface area contributed by atoms with E-state index in [1.54, 1.807) is 0 Å². The Hall–Kier alpha value is 0.1000. The second-order valence-electron chi connectivity index (χ2n) is 3.48. The topological polar surface area (TPSA) is 26.3 Å². The molecule has 5 heteroatoms. The Morgan fingerprint density at radius 3 is 2.73 bits per heavy atom. The summed E-state index contributed by atoms with van der Waals surface area (Å²) in [6, 6.07) is 1.81. The van der Waals surface area contributed by atoms with E-state index in [1.807, 2.05) is 6.07 Å². The highest BCUT2D eigenvalue weighted by molar-refractivity contribution is 9.10. The summed E-state index contributed by atoms with van der Waals surface area (Å²) in [6.07, 6.45) is 1.65. The summed E-state index contributed by atoms with van der Waals surface area (Å²) in [5.74, 6) is 0.316. The molecule has 1 aliphatic heterocycles. The van der Waals surface area contributed by atoms with Crippen molar-refractivity contribution in [3.05, 3.63) is 19.8 Å². The van der Waals surface area contributed by atoms with E-state index in [9.17, 15) is 4.79 Å². The smallest absolute Gasteiger partial charge is 0.176 e. The summed E-state index contributed by atoms with van der Waals surface area (Å²) in [6.45, 7) is 1.38. The summed E-state index contributed by atoms with van der Waals surface area (Å²) in [5, 5.41) is 0. The van der Waals surface area contributed by atoms with Gasteiger partial charge in [-0.15, -0.1) is 11.3 Å². The number of ketones is 1. The van der Waals surface area contributed by atoms with Crippen molar-refractivity contribution >= 4 is 44.7 Å². The van der Waals surface area contributed by atoms with Crippen LogP contribution in [-0.2, 0) is 4.74 Å². The number of carbonyl (C=O) groups excluding carboxylic acids is 1. The van der Waals surface area contributed by atoms with Crippen LogP contribution in [0.2, 0.25) is 4.34 Å². The molecule has 1 aromatic heterocycles. The van der Waals surface area contributed by atoms with Crippen LogP contribution in [0.15, 0.2) is 10.5 Å². The maximum Gasteiger partial charge on any atom is 0.176 e. The SMILES string of the molecule is O=C(c1cc(Br)c(Cl)s1)C1CCOCC1. The predicted molar refractivity (Wildman–Crippen MR) is 64.9 cm³/mol. The molecule has 0 atom stereocenters. The van der Waals surface area contributed by atoms with Crippen LogP contribution in [0.4, 0.5) is 0 Å². The molecule has 0 saturated carbocycles. The van der Waals surface area contributed by atoms with E-state index in [2.05, 4.69) is 15.9 Å². The zero-order valence-corrected chi connectivity index (χ0v) is 11.1. The fourth-order valence-corrected chi connectivity index (χ4v) is 3.35. The minimum atomic E-state index is 0.111. The van der Waals surface area contributed by atoms with Gasteiger partial charge in [-0.1, -0.05) is 11.6 Å². The quantitative estimate of drug-likeness (QED) is 0.777. The largest absolute Gasteiger partial charge is 0.381 e. The van der Waals surface area contributed by atoms with Crippen molar-refractivity contribution in [1.82, 2.24) is 0 Å². The summed E-state index contributed by atoms with van der Waals surface area (Å²) < 4.78 is 6.68. The standard InChI is InChI=1S/C10H10BrClO2S/c11-7-5-8(15-10(7)12)9(13)6-1-3-14-4-2-6/h5-6H,1-4H2. The molecule has 0 spiro atoms. The van der Waals surface area contributed by atoms with Gasteiger partial charge in [-0.05, 0) is 34.8 Å². The average molecular weight is 310 g/mol. The molecule has 0 unspecified atom stereocenters. The molecule has 0 aliphatic carbocycles. The molecular formula is C10H10BrClO2S. The Kier molecular flexibility index (Phi) is 3.83. The zero-order chi connectivity index (χ0) is 10.8. The highest BCUT2D eigenvalue weighted by Gasteiger charge is 2.24. The second-order valence-corrected chi connectivity index (χ2v) is 5.99. The molecule has 2 rings (SSSR count). The Labute approximate surface area is 106 Å². The molecule has 82 valence electrons. The molecule has 1 fully saturated rings. The van der Waals surface area contributed by atoms with Gasteiger partial charge in [0, 0.05) is 23.6 Å². The average Bonchev–Trinajstić information content (AvgIpc) is 2.59. The first kappa shape index (κ1) is 11.6. The molecule has 0 radical (unpaired) electrons. The van der Waals surface area contributed by atoms with Crippen molar-refractivity contribution in [3.8, 4) is 0 Å². The summed E-state index contributed by atoms with van der Waals surface area (Å²) in [4.78, 5) is 12.8. The lowest BCUT2D eigenvalue weighted by Gasteiger charge is -2.19. The lowest BCUT2D eigenvalue weighted by atomic mass is 9.94. The number of hydrogen-bond donors (Lipinski definition) is 0. The monoisotopic (exact) mass is 308 g/mol. The van der Waals surface area contributed by atoms with Crippen LogP contribution in [-0.4, -0.2) is 19.0 Å². The molecule has 0 bridgehead atoms. The van der Waals surface area contributed by atoms with Crippen LogP contribution in [0, 0.1) is 5.92 Å². The first-order valence-corrected chi connectivity index (χ1v) is 6.74. The minimum Gasteiger partial charge on any atom is -0.381 e.